The van der Waals surface area contributed by atoms with E-state index in [-0.39, 0.29) is 48.7 Å². The molecule has 2 atom stereocenters. The Hall–Kier alpha value is -3.99. The lowest BCUT2D eigenvalue weighted by Crippen LogP contribution is -2.55. The zero-order chi connectivity index (χ0) is 24.9. The molecule has 1 aromatic carbocycles. The highest BCUT2D eigenvalue weighted by Gasteiger charge is 2.25. The summed E-state index contributed by atoms with van der Waals surface area (Å²) < 4.78 is 15.4. The first-order chi connectivity index (χ1) is 16.8. The van der Waals surface area contributed by atoms with Gasteiger partial charge in [0.1, 0.15) is 0 Å². The fraction of sp³-hybridized carbons (Fsp3) is 0.375. The van der Waals surface area contributed by atoms with Crippen molar-refractivity contribution >= 4 is 17.7 Å². The third-order valence-electron chi connectivity index (χ3n) is 5.47. The molecule has 2 unspecified atom stereocenters. The fourth-order valence-electron chi connectivity index (χ4n) is 3.94. The van der Waals surface area contributed by atoms with Crippen LogP contribution in [0.25, 0.3) is 11.1 Å². The highest BCUT2D eigenvalue weighted by atomic mass is 16.6. The number of nitrogens with zero attached hydrogens (tertiary/aromatic N) is 4. The summed E-state index contributed by atoms with van der Waals surface area (Å²) in [6, 6.07) is 9.60. The van der Waals surface area contributed by atoms with Gasteiger partial charge in [-0.2, -0.15) is 4.98 Å². The Balaban J connectivity index is 1.43. The van der Waals surface area contributed by atoms with Crippen LogP contribution in [0.2, 0.25) is 0 Å². The Labute approximate surface area is 202 Å². The van der Waals surface area contributed by atoms with Gasteiger partial charge in [-0.1, -0.05) is 17.3 Å². The van der Waals surface area contributed by atoms with E-state index < -0.39 is 5.97 Å². The summed E-state index contributed by atoms with van der Waals surface area (Å²) in [5, 5.41) is 7.14. The standard InChI is InChI=1S/C24H28N6O5/c1-4-33-24(32)22-28-20(29-35-22)13-34-19-9-18(10-26-21(19)25)16-5-7-17(8-6-16)23(31)30-11-14(2)27-15(3)12-30/h5-10,14-15,27H,4,11-13H2,1-3H3,(H2,25,26). The number of pyridine rings is 1. The molecule has 11 heteroatoms. The molecule has 11 nitrogen and oxygen atoms in total. The summed E-state index contributed by atoms with van der Waals surface area (Å²) >= 11 is 0. The van der Waals surface area contributed by atoms with Crippen molar-refractivity contribution in [2.24, 2.45) is 0 Å². The number of hydrogen-bond donors (Lipinski definition) is 2. The van der Waals surface area contributed by atoms with Crippen molar-refractivity contribution in [2.45, 2.75) is 39.5 Å². The molecule has 3 aromatic rings. The van der Waals surface area contributed by atoms with E-state index in [9.17, 15) is 9.59 Å². The predicted octanol–water partition coefficient (Wildman–Crippen LogP) is 2.29. The van der Waals surface area contributed by atoms with Gasteiger partial charge in [0, 0.05) is 42.5 Å². The van der Waals surface area contributed by atoms with E-state index >= 15 is 0 Å². The first-order valence-electron chi connectivity index (χ1n) is 11.4. The normalized spacial score (nSPS) is 17.7. The summed E-state index contributed by atoms with van der Waals surface area (Å²) in [4.78, 5) is 34.6. The number of carbonyl (C=O) groups is 2. The van der Waals surface area contributed by atoms with Crippen LogP contribution >= 0.6 is 0 Å². The van der Waals surface area contributed by atoms with E-state index in [2.05, 4.69) is 34.3 Å². The molecule has 0 saturated carbocycles. The number of hydrogen-bond acceptors (Lipinski definition) is 10. The van der Waals surface area contributed by atoms with E-state index in [4.69, 9.17) is 19.7 Å². The Morgan fingerprint density at radius 3 is 2.57 bits per heavy atom. The second kappa shape index (κ2) is 10.5. The minimum atomic E-state index is -0.697. The summed E-state index contributed by atoms with van der Waals surface area (Å²) in [5.41, 5.74) is 8.21. The third kappa shape index (κ3) is 5.75. The Bertz CT molecular complexity index is 1190. The van der Waals surface area contributed by atoms with Gasteiger partial charge in [-0.05, 0) is 44.5 Å². The lowest BCUT2D eigenvalue weighted by molar-refractivity contribution is 0.0470. The molecule has 1 amide bonds. The van der Waals surface area contributed by atoms with Gasteiger partial charge in [0.2, 0.25) is 5.82 Å². The van der Waals surface area contributed by atoms with E-state index in [1.807, 2.05) is 29.2 Å². The molecular formula is C24H28N6O5. The van der Waals surface area contributed by atoms with E-state index in [1.165, 1.54) is 0 Å². The third-order valence-corrected chi connectivity index (χ3v) is 5.47. The largest absolute Gasteiger partial charge is 0.482 e. The molecule has 4 rings (SSSR count). The summed E-state index contributed by atoms with van der Waals surface area (Å²) in [5.74, 6) is -0.247. The number of piperazine rings is 1. The number of ether oxygens (including phenoxy) is 2. The Kier molecular flexibility index (Phi) is 7.25. The number of carbonyl (C=O) groups excluding carboxylic acids is 2. The summed E-state index contributed by atoms with van der Waals surface area (Å²) in [6.45, 7) is 7.30. The quantitative estimate of drug-likeness (QED) is 0.483. The second-order valence-corrected chi connectivity index (χ2v) is 8.39. The molecule has 2 aromatic heterocycles. The number of nitrogens with one attached hydrogen (secondary N) is 1. The first kappa shape index (κ1) is 24.1. The zero-order valence-corrected chi connectivity index (χ0v) is 19.9. The molecule has 3 N–H and O–H groups in total. The highest BCUT2D eigenvalue weighted by molar-refractivity contribution is 5.95. The number of rotatable bonds is 7. The van der Waals surface area contributed by atoms with Crippen LogP contribution in [-0.2, 0) is 11.3 Å². The van der Waals surface area contributed by atoms with Crippen molar-refractivity contribution in [3.63, 3.8) is 0 Å². The van der Waals surface area contributed by atoms with E-state index in [1.54, 1.807) is 19.2 Å². The van der Waals surface area contributed by atoms with Crippen LogP contribution in [0.5, 0.6) is 5.75 Å². The number of benzene rings is 1. The zero-order valence-electron chi connectivity index (χ0n) is 19.9. The topological polar surface area (TPSA) is 146 Å². The van der Waals surface area contributed by atoms with Crippen molar-refractivity contribution in [3.8, 4) is 16.9 Å². The van der Waals surface area contributed by atoms with Gasteiger partial charge in [0.15, 0.2) is 18.2 Å². The fourth-order valence-corrected chi connectivity index (χ4v) is 3.94. The van der Waals surface area contributed by atoms with Crippen LogP contribution in [0.15, 0.2) is 41.1 Å². The lowest BCUT2D eigenvalue weighted by atomic mass is 10.0. The minimum Gasteiger partial charge on any atom is -0.482 e. The van der Waals surface area contributed by atoms with Crippen molar-refractivity contribution in [3.05, 3.63) is 53.8 Å². The molecule has 1 aliphatic rings. The molecule has 3 heterocycles. The van der Waals surface area contributed by atoms with Gasteiger partial charge in [-0.3, -0.25) is 4.79 Å². The number of amides is 1. The Morgan fingerprint density at radius 1 is 1.17 bits per heavy atom. The number of nitrogen functional groups attached to an aromatic ring is 1. The van der Waals surface area contributed by atoms with Gasteiger partial charge in [-0.15, -0.1) is 0 Å². The maximum atomic E-state index is 12.9. The van der Waals surface area contributed by atoms with Crippen LogP contribution in [0, 0.1) is 0 Å². The maximum Gasteiger partial charge on any atom is 0.397 e. The van der Waals surface area contributed by atoms with Crippen LogP contribution in [0.4, 0.5) is 5.82 Å². The van der Waals surface area contributed by atoms with Crippen LogP contribution in [0.1, 0.15) is 47.6 Å². The summed E-state index contributed by atoms with van der Waals surface area (Å²) in [7, 11) is 0. The van der Waals surface area contributed by atoms with Crippen LogP contribution in [0.3, 0.4) is 0 Å². The molecule has 0 aliphatic carbocycles. The SMILES string of the molecule is CCOC(=O)c1nc(COc2cc(-c3ccc(C(=O)N4CC(C)NC(C)C4)cc3)cnc2N)no1. The average Bonchev–Trinajstić information content (AvgIpc) is 3.32. The lowest BCUT2D eigenvalue weighted by Gasteiger charge is -2.36. The summed E-state index contributed by atoms with van der Waals surface area (Å²) in [6.07, 6.45) is 1.63. The van der Waals surface area contributed by atoms with Crippen molar-refractivity contribution in [1.29, 1.82) is 0 Å². The number of anilines is 1. The number of esters is 1. The molecule has 1 saturated heterocycles. The highest BCUT2D eigenvalue weighted by Crippen LogP contribution is 2.28. The predicted molar refractivity (Wildman–Crippen MR) is 127 cm³/mol. The molecule has 0 radical (unpaired) electrons. The van der Waals surface area contributed by atoms with Gasteiger partial charge < -0.3 is 29.9 Å². The first-order valence-corrected chi connectivity index (χ1v) is 11.4. The van der Waals surface area contributed by atoms with Crippen molar-refractivity contribution in [2.75, 3.05) is 25.4 Å². The van der Waals surface area contributed by atoms with Gasteiger partial charge in [0.25, 0.3) is 5.91 Å². The maximum absolute atomic E-state index is 12.9. The van der Waals surface area contributed by atoms with Crippen LogP contribution < -0.4 is 15.8 Å². The molecule has 0 spiro atoms. The van der Waals surface area contributed by atoms with Gasteiger partial charge in [0.05, 0.1) is 6.61 Å². The van der Waals surface area contributed by atoms with Crippen molar-refractivity contribution < 1.29 is 23.6 Å². The molecule has 1 fully saturated rings. The van der Waals surface area contributed by atoms with Gasteiger partial charge in [-0.25, -0.2) is 9.78 Å². The molecule has 0 bridgehead atoms. The molecule has 35 heavy (non-hydrogen) atoms. The molecular weight excluding hydrogens is 452 g/mol. The Morgan fingerprint density at radius 2 is 1.89 bits per heavy atom. The monoisotopic (exact) mass is 480 g/mol. The smallest absolute Gasteiger partial charge is 0.397 e. The van der Waals surface area contributed by atoms with E-state index in [0.717, 1.165) is 11.1 Å². The van der Waals surface area contributed by atoms with Crippen LogP contribution in [-0.4, -0.2) is 63.7 Å². The van der Waals surface area contributed by atoms with E-state index in [0.29, 0.717) is 24.4 Å². The van der Waals surface area contributed by atoms with Gasteiger partial charge >= 0.3 is 11.9 Å². The average molecular weight is 481 g/mol. The number of nitrogens with two attached hydrogens (primary N) is 1. The number of aromatic nitrogens is 3. The molecule has 184 valence electrons. The van der Waals surface area contributed by atoms with Crippen molar-refractivity contribution in [1.82, 2.24) is 25.3 Å². The minimum absolute atomic E-state index is 0.0125. The molecule has 1 aliphatic heterocycles. The second-order valence-electron chi connectivity index (χ2n) is 8.39.